The zero-order chi connectivity index (χ0) is 31.9. The quantitative estimate of drug-likeness (QED) is 0.234. The number of hydrogen-bond acceptors (Lipinski definition) is 4. The van der Waals surface area contributed by atoms with E-state index in [0.29, 0.717) is 16.8 Å². The van der Waals surface area contributed by atoms with Crippen LogP contribution >= 0.6 is 11.6 Å². The maximum atomic E-state index is 14.2. The van der Waals surface area contributed by atoms with Gasteiger partial charge in [-0.25, -0.2) is 13.5 Å². The largest absolute Gasteiger partial charge is 0.416 e. The molecule has 0 saturated heterocycles. The number of carbonyl (C=O) groups is 3. The number of fused-ring (bicyclic) bond motifs is 1. The van der Waals surface area contributed by atoms with E-state index in [9.17, 15) is 45.1 Å². The van der Waals surface area contributed by atoms with Crippen LogP contribution in [-0.2, 0) is 24.1 Å². The highest BCUT2D eigenvalue weighted by atomic mass is 35.5. The molecule has 230 valence electrons. The van der Waals surface area contributed by atoms with Gasteiger partial charge in [-0.3, -0.25) is 14.4 Å². The highest BCUT2D eigenvalue weighted by Gasteiger charge is 2.36. The van der Waals surface area contributed by atoms with E-state index in [1.807, 2.05) is 0 Å². The minimum Gasteiger partial charge on any atom is -0.345 e. The van der Waals surface area contributed by atoms with Crippen molar-refractivity contribution < 1.29 is 45.1 Å². The van der Waals surface area contributed by atoms with Crippen molar-refractivity contribution in [2.24, 2.45) is 0 Å². The van der Waals surface area contributed by atoms with Crippen LogP contribution in [0.25, 0.3) is 0 Å². The summed E-state index contributed by atoms with van der Waals surface area (Å²) in [5.74, 6) is -4.79. The molecule has 0 spiro atoms. The van der Waals surface area contributed by atoms with Gasteiger partial charge in [-0.2, -0.15) is 27.1 Å². The molecule has 1 aliphatic rings. The van der Waals surface area contributed by atoms with Crippen molar-refractivity contribution in [3.8, 4) is 0 Å². The van der Waals surface area contributed by atoms with Crippen molar-refractivity contribution >= 4 is 35.0 Å². The summed E-state index contributed by atoms with van der Waals surface area (Å²) in [5.41, 5.74) is -2.51. The van der Waals surface area contributed by atoms with Gasteiger partial charge in [0, 0.05) is 22.3 Å². The lowest BCUT2D eigenvalue weighted by atomic mass is 10.0. The predicted octanol–water partition coefficient (Wildman–Crippen LogP) is 5.43. The van der Waals surface area contributed by atoms with E-state index in [4.69, 9.17) is 11.6 Å². The number of halogens is 8. The molecule has 3 amide bonds. The van der Waals surface area contributed by atoms with E-state index in [1.165, 1.54) is 16.7 Å². The first-order chi connectivity index (χ1) is 20.7. The summed E-state index contributed by atoms with van der Waals surface area (Å²) in [7, 11) is 0. The van der Waals surface area contributed by atoms with Gasteiger partial charge in [0.25, 0.3) is 11.8 Å². The van der Waals surface area contributed by atoms with E-state index in [-0.39, 0.29) is 46.0 Å². The summed E-state index contributed by atoms with van der Waals surface area (Å²) in [5, 5.41) is 11.0. The van der Waals surface area contributed by atoms with E-state index in [1.54, 1.807) is 0 Å². The van der Waals surface area contributed by atoms with E-state index in [0.717, 1.165) is 24.4 Å². The Morgan fingerprint density at radius 2 is 1.80 bits per heavy atom. The zero-order valence-electron chi connectivity index (χ0n) is 21.9. The highest BCUT2D eigenvalue weighted by Crippen LogP contribution is 2.38. The third-order valence-electron chi connectivity index (χ3n) is 6.55. The summed E-state index contributed by atoms with van der Waals surface area (Å²) in [6.45, 7) is -3.73. The highest BCUT2D eigenvalue weighted by molar-refractivity contribution is 6.31. The molecule has 1 aliphatic heterocycles. The Balaban J connectivity index is 1.56. The third kappa shape index (κ3) is 6.24. The first-order valence-corrected chi connectivity index (χ1v) is 12.9. The topological polar surface area (TPSA) is 110 Å². The molecule has 3 heterocycles. The predicted molar refractivity (Wildman–Crippen MR) is 140 cm³/mol. The molecular weight excluding hydrogens is 625 g/mol. The van der Waals surface area contributed by atoms with E-state index < -0.39 is 65.8 Å². The van der Waals surface area contributed by atoms with Crippen molar-refractivity contribution in [3.05, 3.63) is 105 Å². The number of nitrogens with one attached hydrogen (secondary N) is 3. The number of amides is 3. The second-order valence-electron chi connectivity index (χ2n) is 9.51. The molecule has 3 N–H and O–H groups in total. The smallest absolute Gasteiger partial charge is 0.345 e. The summed E-state index contributed by atoms with van der Waals surface area (Å²) >= 11 is 6.28. The average Bonchev–Trinajstić information content (AvgIpc) is 3.57. The normalized spacial score (nSPS) is 14.8. The number of nitrogens with zero attached hydrogens (tertiary/aromatic N) is 3. The molecule has 0 radical (unpaired) electrons. The summed E-state index contributed by atoms with van der Waals surface area (Å²) in [4.78, 5) is 39.1. The molecule has 0 fully saturated rings. The molecule has 0 aliphatic carbocycles. The van der Waals surface area contributed by atoms with Gasteiger partial charge >= 0.3 is 12.7 Å². The first kappa shape index (κ1) is 30.6. The number of rotatable bonds is 7. The van der Waals surface area contributed by atoms with Crippen LogP contribution < -0.4 is 16.0 Å². The van der Waals surface area contributed by atoms with Crippen LogP contribution in [0.3, 0.4) is 0 Å². The number of anilines is 1. The summed E-state index contributed by atoms with van der Waals surface area (Å²) in [6.07, 6.45) is -3.97. The van der Waals surface area contributed by atoms with E-state index in [2.05, 4.69) is 21.0 Å². The lowest BCUT2D eigenvalue weighted by molar-refractivity contribution is -0.137. The number of carbonyl (C=O) groups excluding carboxylic acids is 3. The van der Waals surface area contributed by atoms with E-state index >= 15 is 0 Å². The van der Waals surface area contributed by atoms with Crippen molar-refractivity contribution in [1.29, 1.82) is 0 Å². The van der Waals surface area contributed by atoms with Crippen molar-refractivity contribution in [2.75, 3.05) is 5.32 Å². The van der Waals surface area contributed by atoms with Crippen LogP contribution in [-0.4, -0.2) is 32.1 Å². The Labute approximate surface area is 247 Å². The molecule has 0 bridgehead atoms. The zero-order valence-corrected chi connectivity index (χ0v) is 22.6. The average molecular weight is 643 g/mol. The molecule has 4 aromatic rings. The van der Waals surface area contributed by atoms with Crippen LogP contribution in [0.5, 0.6) is 0 Å². The summed E-state index contributed by atoms with van der Waals surface area (Å²) in [6, 6.07) is 5.53. The van der Waals surface area contributed by atoms with Gasteiger partial charge in [0.1, 0.15) is 23.9 Å². The fourth-order valence-electron chi connectivity index (χ4n) is 4.63. The van der Waals surface area contributed by atoms with Gasteiger partial charge in [-0.15, -0.1) is 0 Å². The first-order valence-electron chi connectivity index (χ1n) is 12.5. The fraction of sp³-hybridized carbons (Fsp3) is 0.185. The molecule has 2 aromatic heterocycles. The SMILES string of the molecule is O=C1Cn2c(C(=O)NCc3ccn(C(F)F)n3)cc(NC(=O)c3cc(F)cc(C(F)(F)F)c3)c2C(c2cc(F)ccc2Cl)N1. The Kier molecular flexibility index (Phi) is 8.11. The van der Waals surface area contributed by atoms with Crippen LogP contribution in [0, 0.1) is 11.6 Å². The van der Waals surface area contributed by atoms with Gasteiger partial charge in [0.2, 0.25) is 5.91 Å². The molecule has 1 unspecified atom stereocenters. The van der Waals surface area contributed by atoms with Crippen molar-refractivity contribution in [2.45, 2.75) is 31.9 Å². The number of benzene rings is 2. The molecule has 2 aromatic carbocycles. The Morgan fingerprint density at radius 1 is 1.05 bits per heavy atom. The molecule has 9 nitrogen and oxygen atoms in total. The number of hydrogen-bond donors (Lipinski definition) is 3. The Hall–Kier alpha value is -4.86. The lowest BCUT2D eigenvalue weighted by Crippen LogP contribution is -2.41. The summed E-state index contributed by atoms with van der Waals surface area (Å²) < 4.78 is 95.3. The second-order valence-corrected chi connectivity index (χ2v) is 9.92. The third-order valence-corrected chi connectivity index (χ3v) is 6.89. The molecule has 17 heteroatoms. The second kappa shape index (κ2) is 11.7. The number of alkyl halides is 5. The van der Waals surface area contributed by atoms with Crippen LogP contribution in [0.2, 0.25) is 5.02 Å². The molecule has 5 rings (SSSR count). The number of aromatic nitrogens is 3. The van der Waals surface area contributed by atoms with Gasteiger partial charge in [-0.05, 0) is 48.5 Å². The van der Waals surface area contributed by atoms with Gasteiger partial charge in [0.05, 0.1) is 35.2 Å². The fourth-order valence-corrected chi connectivity index (χ4v) is 4.86. The molecule has 44 heavy (non-hydrogen) atoms. The molecule has 0 saturated carbocycles. The maximum absolute atomic E-state index is 14.2. The van der Waals surface area contributed by atoms with Crippen molar-refractivity contribution in [3.63, 3.8) is 0 Å². The lowest BCUT2D eigenvalue weighted by Gasteiger charge is -2.29. The van der Waals surface area contributed by atoms with Gasteiger partial charge in [0.15, 0.2) is 0 Å². The monoisotopic (exact) mass is 642 g/mol. The standard InChI is InChI=1S/C27H18ClF7N6O3/c28-18-2-1-14(29)8-17(18)22-23-19(37-24(43)12-5-13(27(33,34)35)7-15(30)6-12)9-20(40(23)11-21(42)38-22)25(44)36-10-16-3-4-41(39-16)26(31)32/h1-9,22,26H,10-11H2,(H,36,44)(H,37,43)(H,38,42). The maximum Gasteiger partial charge on any atom is 0.416 e. The van der Waals surface area contributed by atoms with Gasteiger partial charge < -0.3 is 20.5 Å². The van der Waals surface area contributed by atoms with Crippen LogP contribution in [0.15, 0.2) is 54.7 Å². The Bertz CT molecular complexity index is 1790. The molecular formula is C27H18ClF7N6O3. The Morgan fingerprint density at radius 3 is 2.48 bits per heavy atom. The van der Waals surface area contributed by atoms with Crippen LogP contribution in [0.1, 0.15) is 56.0 Å². The minimum atomic E-state index is -4.97. The molecule has 1 atom stereocenters. The minimum absolute atomic E-state index is 0.00924. The van der Waals surface area contributed by atoms with Crippen LogP contribution in [0.4, 0.5) is 36.4 Å². The van der Waals surface area contributed by atoms with Crippen molar-refractivity contribution in [1.82, 2.24) is 25.0 Å². The van der Waals surface area contributed by atoms with Gasteiger partial charge in [-0.1, -0.05) is 11.6 Å².